The Hall–Kier alpha value is -2.73. The molecule has 0 saturated heterocycles. The van der Waals surface area contributed by atoms with Crippen molar-refractivity contribution in [1.29, 1.82) is 0 Å². The van der Waals surface area contributed by atoms with Gasteiger partial charge < -0.3 is 0 Å². The first-order chi connectivity index (χ1) is 12.0. The van der Waals surface area contributed by atoms with Crippen molar-refractivity contribution in [2.24, 2.45) is 0 Å². The summed E-state index contributed by atoms with van der Waals surface area (Å²) in [5.41, 5.74) is 0.0277. The van der Waals surface area contributed by atoms with Crippen LogP contribution in [0.3, 0.4) is 0 Å². The molecule has 0 fully saturated rings. The molecule has 0 saturated carbocycles. The van der Waals surface area contributed by atoms with Crippen LogP contribution in [-0.4, -0.2) is 8.42 Å². The minimum absolute atomic E-state index is 0.00888. The van der Waals surface area contributed by atoms with E-state index in [4.69, 9.17) is 0 Å². The van der Waals surface area contributed by atoms with Gasteiger partial charge in [-0.2, -0.15) is 0 Å². The normalized spacial score (nSPS) is 11.3. The van der Waals surface area contributed by atoms with Gasteiger partial charge in [-0.05, 0) is 30.3 Å². The Kier molecular flexibility index (Phi) is 4.81. The van der Waals surface area contributed by atoms with Crippen molar-refractivity contribution in [2.45, 2.75) is 11.4 Å². The molecule has 0 amide bonds. The fourth-order valence-corrected chi connectivity index (χ4v) is 3.93. The predicted molar refractivity (Wildman–Crippen MR) is 92.6 cm³/mol. The highest BCUT2D eigenvalue weighted by molar-refractivity contribution is 7.92. The van der Waals surface area contributed by atoms with Crippen molar-refractivity contribution >= 4 is 15.7 Å². The largest absolute Gasteiger partial charge is 0.264 e. The van der Waals surface area contributed by atoms with E-state index in [2.05, 4.69) is 0 Å². The Balaban J connectivity index is 2.13. The zero-order valence-corrected chi connectivity index (χ0v) is 14.0. The van der Waals surface area contributed by atoms with E-state index in [9.17, 15) is 17.2 Å². The first-order valence-electron chi connectivity index (χ1n) is 7.56. The lowest BCUT2D eigenvalue weighted by atomic mass is 10.2. The molecule has 0 aromatic heterocycles. The number of nitrogens with zero attached hydrogens (tertiary/aromatic N) is 1. The average molecular weight is 359 g/mol. The third-order valence-electron chi connectivity index (χ3n) is 3.72. The Morgan fingerprint density at radius 1 is 0.720 bits per heavy atom. The number of para-hydroxylation sites is 1. The predicted octanol–water partition coefficient (Wildman–Crippen LogP) is 4.36. The van der Waals surface area contributed by atoms with Crippen LogP contribution in [0.2, 0.25) is 0 Å². The molecule has 0 atom stereocenters. The maximum Gasteiger partial charge on any atom is 0.264 e. The molecular formula is C19H15F2NO2S. The maximum absolute atomic E-state index is 14.3. The van der Waals surface area contributed by atoms with Gasteiger partial charge in [0.1, 0.15) is 11.6 Å². The molecule has 0 spiro atoms. The molecular weight excluding hydrogens is 344 g/mol. The Bertz CT molecular complexity index is 975. The van der Waals surface area contributed by atoms with Crippen LogP contribution < -0.4 is 4.31 Å². The molecule has 0 N–H and O–H groups in total. The van der Waals surface area contributed by atoms with Gasteiger partial charge >= 0.3 is 0 Å². The molecule has 3 aromatic rings. The SMILES string of the molecule is O=S(=O)(c1ccccc1)N(Cc1ccccc1F)c1ccccc1F. The molecule has 0 aliphatic heterocycles. The molecule has 25 heavy (non-hydrogen) atoms. The summed E-state index contributed by atoms with van der Waals surface area (Å²) in [5, 5.41) is 0. The summed E-state index contributed by atoms with van der Waals surface area (Å²) in [6.07, 6.45) is 0. The van der Waals surface area contributed by atoms with Crippen LogP contribution in [0, 0.1) is 11.6 Å². The molecule has 0 radical (unpaired) electrons. The molecule has 0 heterocycles. The van der Waals surface area contributed by atoms with Crippen LogP contribution >= 0.6 is 0 Å². The second-order valence-corrected chi connectivity index (χ2v) is 7.23. The molecule has 0 unspecified atom stereocenters. The molecule has 0 aliphatic rings. The van der Waals surface area contributed by atoms with Gasteiger partial charge in [-0.25, -0.2) is 17.2 Å². The molecule has 128 valence electrons. The van der Waals surface area contributed by atoms with Crippen LogP contribution in [0.25, 0.3) is 0 Å². The summed E-state index contributed by atoms with van der Waals surface area (Å²) in [4.78, 5) is 0.00888. The van der Waals surface area contributed by atoms with E-state index < -0.39 is 21.7 Å². The standard InChI is InChI=1S/C19H15F2NO2S/c20-17-11-5-4-8-15(17)14-22(19-13-7-6-12-18(19)21)25(23,24)16-9-2-1-3-10-16/h1-13H,14H2. The Morgan fingerprint density at radius 2 is 1.28 bits per heavy atom. The van der Waals surface area contributed by atoms with E-state index in [0.717, 1.165) is 4.31 Å². The Morgan fingerprint density at radius 3 is 1.92 bits per heavy atom. The minimum Gasteiger partial charge on any atom is -0.259 e. The maximum atomic E-state index is 14.3. The second kappa shape index (κ2) is 7.03. The van der Waals surface area contributed by atoms with Crippen LogP contribution in [0.4, 0.5) is 14.5 Å². The quantitative estimate of drug-likeness (QED) is 0.679. The fraction of sp³-hybridized carbons (Fsp3) is 0.0526. The lowest BCUT2D eigenvalue weighted by Gasteiger charge is -2.25. The van der Waals surface area contributed by atoms with E-state index in [-0.39, 0.29) is 22.7 Å². The molecule has 3 nitrogen and oxygen atoms in total. The average Bonchev–Trinajstić information content (AvgIpc) is 2.62. The van der Waals surface area contributed by atoms with E-state index in [1.807, 2.05) is 0 Å². The van der Waals surface area contributed by atoms with E-state index in [0.29, 0.717) is 0 Å². The molecule has 3 rings (SSSR count). The molecule has 6 heteroatoms. The van der Waals surface area contributed by atoms with E-state index in [1.165, 1.54) is 54.6 Å². The van der Waals surface area contributed by atoms with Crippen molar-refractivity contribution in [3.05, 3.63) is 96.1 Å². The van der Waals surface area contributed by atoms with Crippen molar-refractivity contribution < 1.29 is 17.2 Å². The number of rotatable bonds is 5. The first kappa shape index (κ1) is 17.1. The third-order valence-corrected chi connectivity index (χ3v) is 5.50. The van der Waals surface area contributed by atoms with Crippen molar-refractivity contribution in [3.8, 4) is 0 Å². The Labute approximate surface area is 145 Å². The van der Waals surface area contributed by atoms with Crippen LogP contribution in [0.5, 0.6) is 0 Å². The second-order valence-electron chi connectivity index (χ2n) is 5.37. The highest BCUT2D eigenvalue weighted by atomic mass is 32.2. The van der Waals surface area contributed by atoms with Crippen LogP contribution in [-0.2, 0) is 16.6 Å². The van der Waals surface area contributed by atoms with Gasteiger partial charge in [0.2, 0.25) is 0 Å². The summed E-state index contributed by atoms with van der Waals surface area (Å²) in [5.74, 6) is -1.24. The monoisotopic (exact) mass is 359 g/mol. The van der Waals surface area contributed by atoms with E-state index >= 15 is 0 Å². The van der Waals surface area contributed by atoms with Crippen molar-refractivity contribution in [1.82, 2.24) is 0 Å². The molecule has 0 bridgehead atoms. The third kappa shape index (κ3) is 3.53. The van der Waals surface area contributed by atoms with Crippen LogP contribution in [0.15, 0.2) is 83.8 Å². The first-order valence-corrected chi connectivity index (χ1v) is 9.00. The number of hydrogen-bond acceptors (Lipinski definition) is 2. The number of halogens is 2. The van der Waals surface area contributed by atoms with Gasteiger partial charge in [0, 0.05) is 5.56 Å². The summed E-state index contributed by atoms with van der Waals surface area (Å²) in [6.45, 7) is -0.315. The van der Waals surface area contributed by atoms with Gasteiger partial charge in [0.05, 0.1) is 17.1 Å². The molecule has 0 aliphatic carbocycles. The lowest BCUT2D eigenvalue weighted by molar-refractivity contribution is 0.579. The van der Waals surface area contributed by atoms with Crippen LogP contribution in [0.1, 0.15) is 5.56 Å². The van der Waals surface area contributed by atoms with Gasteiger partial charge in [0.15, 0.2) is 0 Å². The van der Waals surface area contributed by atoms with Gasteiger partial charge in [-0.3, -0.25) is 4.31 Å². The number of anilines is 1. The summed E-state index contributed by atoms with van der Waals surface area (Å²) < 4.78 is 55.3. The van der Waals surface area contributed by atoms with Gasteiger partial charge in [-0.15, -0.1) is 0 Å². The van der Waals surface area contributed by atoms with E-state index in [1.54, 1.807) is 24.3 Å². The minimum atomic E-state index is -4.06. The highest BCUT2D eigenvalue weighted by Gasteiger charge is 2.27. The number of hydrogen-bond donors (Lipinski definition) is 0. The smallest absolute Gasteiger partial charge is 0.259 e. The summed E-state index contributed by atoms with van der Waals surface area (Å²) >= 11 is 0. The number of sulfonamides is 1. The zero-order chi connectivity index (χ0) is 17.9. The molecule has 3 aromatic carbocycles. The summed E-state index contributed by atoms with van der Waals surface area (Å²) in [6, 6.07) is 19.0. The van der Waals surface area contributed by atoms with Crippen molar-refractivity contribution in [2.75, 3.05) is 4.31 Å². The highest BCUT2D eigenvalue weighted by Crippen LogP contribution is 2.28. The lowest BCUT2D eigenvalue weighted by Crippen LogP contribution is -2.31. The number of benzene rings is 3. The zero-order valence-electron chi connectivity index (χ0n) is 13.1. The topological polar surface area (TPSA) is 37.4 Å². The van der Waals surface area contributed by atoms with Gasteiger partial charge in [0.25, 0.3) is 10.0 Å². The summed E-state index contributed by atoms with van der Waals surface area (Å²) in [7, 11) is -4.06. The van der Waals surface area contributed by atoms with Gasteiger partial charge in [-0.1, -0.05) is 48.5 Å². The van der Waals surface area contributed by atoms with Crippen molar-refractivity contribution in [3.63, 3.8) is 0 Å². The fourth-order valence-electron chi connectivity index (χ4n) is 2.45.